The molecule has 0 radical (unpaired) electrons. The Kier molecular flexibility index (Phi) is 4.06. The number of rotatable bonds is 4. The number of ether oxygens (including phenoxy) is 1. The van der Waals surface area contributed by atoms with Gasteiger partial charge in [-0.1, -0.05) is 6.92 Å². The zero-order chi connectivity index (χ0) is 8.04. The molecule has 0 rings (SSSR count). The molecule has 0 saturated carbocycles. The van der Waals surface area contributed by atoms with Crippen molar-refractivity contribution in [2.75, 3.05) is 13.2 Å². The predicted octanol–water partition coefficient (Wildman–Crippen LogP) is 1.96. The van der Waals surface area contributed by atoms with Crippen LogP contribution in [0.1, 0.15) is 27.2 Å². The highest BCUT2D eigenvalue weighted by Gasteiger charge is 2.20. The van der Waals surface area contributed by atoms with Crippen LogP contribution in [0, 0.1) is 16.7 Å². The van der Waals surface area contributed by atoms with Gasteiger partial charge in [0.15, 0.2) is 0 Å². The van der Waals surface area contributed by atoms with Gasteiger partial charge in [0.2, 0.25) is 0 Å². The summed E-state index contributed by atoms with van der Waals surface area (Å²) in [6.07, 6.45) is 0.851. The first-order chi connectivity index (χ1) is 4.68. The Morgan fingerprint density at radius 3 is 2.40 bits per heavy atom. The van der Waals surface area contributed by atoms with Crippen molar-refractivity contribution in [2.45, 2.75) is 27.2 Å². The molecule has 0 bridgehead atoms. The van der Waals surface area contributed by atoms with Gasteiger partial charge < -0.3 is 4.74 Å². The van der Waals surface area contributed by atoms with E-state index in [9.17, 15) is 0 Å². The zero-order valence-corrected chi connectivity index (χ0v) is 6.98. The molecule has 0 aliphatic carbocycles. The molecule has 0 aromatic rings. The molecule has 0 aromatic heterocycles. The second-order valence-corrected chi connectivity index (χ2v) is 2.66. The Hall–Kier alpha value is -0.550. The Balaban J connectivity index is 3.72. The van der Waals surface area contributed by atoms with Gasteiger partial charge >= 0.3 is 0 Å². The summed E-state index contributed by atoms with van der Waals surface area (Å²) >= 11 is 0. The summed E-state index contributed by atoms with van der Waals surface area (Å²) in [4.78, 5) is 0. The van der Waals surface area contributed by atoms with Crippen LogP contribution in [0.3, 0.4) is 0 Å². The third kappa shape index (κ3) is 2.84. The molecule has 0 saturated heterocycles. The van der Waals surface area contributed by atoms with Crippen molar-refractivity contribution < 1.29 is 4.74 Å². The minimum atomic E-state index is -0.282. The summed E-state index contributed by atoms with van der Waals surface area (Å²) in [5.74, 6) is 0. The average molecular weight is 141 g/mol. The van der Waals surface area contributed by atoms with Crippen molar-refractivity contribution in [3.63, 3.8) is 0 Å². The molecule has 1 unspecified atom stereocenters. The van der Waals surface area contributed by atoms with Gasteiger partial charge in [0.05, 0.1) is 18.1 Å². The lowest BCUT2D eigenvalue weighted by Crippen LogP contribution is -2.19. The molecule has 0 spiro atoms. The normalized spacial score (nSPS) is 15.8. The Morgan fingerprint density at radius 1 is 1.50 bits per heavy atom. The Morgan fingerprint density at radius 2 is 2.10 bits per heavy atom. The van der Waals surface area contributed by atoms with Crippen LogP contribution in [0.15, 0.2) is 0 Å². The fourth-order valence-corrected chi connectivity index (χ4v) is 0.541. The van der Waals surface area contributed by atoms with E-state index in [2.05, 4.69) is 6.07 Å². The van der Waals surface area contributed by atoms with Crippen LogP contribution in [0.2, 0.25) is 0 Å². The van der Waals surface area contributed by atoms with Gasteiger partial charge in [-0.25, -0.2) is 0 Å². The molecular formula is C8H15NO. The third-order valence-electron chi connectivity index (χ3n) is 1.68. The molecule has 58 valence electrons. The topological polar surface area (TPSA) is 33.0 Å². The molecule has 0 aliphatic rings. The van der Waals surface area contributed by atoms with Crippen molar-refractivity contribution in [1.82, 2.24) is 0 Å². The second kappa shape index (κ2) is 4.29. The first-order valence-electron chi connectivity index (χ1n) is 3.67. The Labute approximate surface area is 62.8 Å². The fourth-order valence-electron chi connectivity index (χ4n) is 0.541. The van der Waals surface area contributed by atoms with Crippen LogP contribution in [0.5, 0.6) is 0 Å². The van der Waals surface area contributed by atoms with E-state index < -0.39 is 0 Å². The maximum atomic E-state index is 8.68. The lowest BCUT2D eigenvalue weighted by molar-refractivity contribution is 0.0869. The summed E-state index contributed by atoms with van der Waals surface area (Å²) in [5, 5.41) is 8.68. The smallest absolute Gasteiger partial charge is 0.0776 e. The van der Waals surface area contributed by atoms with Gasteiger partial charge in [0.25, 0.3) is 0 Å². The van der Waals surface area contributed by atoms with Gasteiger partial charge in [-0.15, -0.1) is 0 Å². The summed E-state index contributed by atoms with van der Waals surface area (Å²) in [6, 6.07) is 2.24. The van der Waals surface area contributed by atoms with Crippen LogP contribution in [-0.4, -0.2) is 13.2 Å². The molecule has 10 heavy (non-hydrogen) atoms. The largest absolute Gasteiger partial charge is 0.380 e. The van der Waals surface area contributed by atoms with E-state index in [0.717, 1.165) is 6.42 Å². The molecule has 0 fully saturated rings. The molecule has 2 heteroatoms. The van der Waals surface area contributed by atoms with Crippen molar-refractivity contribution in [3.05, 3.63) is 0 Å². The van der Waals surface area contributed by atoms with E-state index >= 15 is 0 Å². The molecule has 0 N–H and O–H groups in total. The van der Waals surface area contributed by atoms with E-state index in [1.165, 1.54) is 0 Å². The van der Waals surface area contributed by atoms with Crippen LogP contribution >= 0.6 is 0 Å². The number of hydrogen-bond acceptors (Lipinski definition) is 2. The van der Waals surface area contributed by atoms with E-state index in [-0.39, 0.29) is 5.41 Å². The summed E-state index contributed by atoms with van der Waals surface area (Å²) in [7, 11) is 0. The van der Waals surface area contributed by atoms with E-state index in [1.54, 1.807) is 0 Å². The first-order valence-corrected chi connectivity index (χ1v) is 3.67. The number of nitrogens with zero attached hydrogens (tertiary/aromatic N) is 1. The predicted molar refractivity (Wildman–Crippen MR) is 40.5 cm³/mol. The van der Waals surface area contributed by atoms with E-state index in [4.69, 9.17) is 10.00 Å². The van der Waals surface area contributed by atoms with E-state index in [1.807, 2.05) is 20.8 Å². The quantitative estimate of drug-likeness (QED) is 0.599. The molecule has 0 aliphatic heterocycles. The van der Waals surface area contributed by atoms with Gasteiger partial charge in [-0.05, 0) is 20.3 Å². The van der Waals surface area contributed by atoms with Crippen LogP contribution < -0.4 is 0 Å². The molecule has 0 aromatic carbocycles. The van der Waals surface area contributed by atoms with Crippen LogP contribution in [-0.2, 0) is 4.74 Å². The van der Waals surface area contributed by atoms with Crippen molar-refractivity contribution in [2.24, 2.45) is 5.41 Å². The molecule has 1 atom stereocenters. The van der Waals surface area contributed by atoms with E-state index in [0.29, 0.717) is 13.2 Å². The number of hydrogen-bond donors (Lipinski definition) is 0. The molecule has 0 heterocycles. The first kappa shape index (κ1) is 9.45. The lowest BCUT2D eigenvalue weighted by Gasteiger charge is -2.17. The number of nitriles is 1. The second-order valence-electron chi connectivity index (χ2n) is 2.66. The Bertz CT molecular complexity index is 128. The molecule has 0 amide bonds. The van der Waals surface area contributed by atoms with Gasteiger partial charge in [-0.2, -0.15) is 5.26 Å². The zero-order valence-electron chi connectivity index (χ0n) is 6.98. The molecule has 2 nitrogen and oxygen atoms in total. The van der Waals surface area contributed by atoms with Crippen LogP contribution in [0.25, 0.3) is 0 Å². The SMILES string of the molecule is CCOCC(C)(C#N)CC. The van der Waals surface area contributed by atoms with Crippen LogP contribution in [0.4, 0.5) is 0 Å². The van der Waals surface area contributed by atoms with Gasteiger partial charge in [-0.3, -0.25) is 0 Å². The van der Waals surface area contributed by atoms with Crippen molar-refractivity contribution in [1.29, 1.82) is 5.26 Å². The van der Waals surface area contributed by atoms with Gasteiger partial charge in [0.1, 0.15) is 0 Å². The fraction of sp³-hybridized carbons (Fsp3) is 0.875. The lowest BCUT2D eigenvalue weighted by atomic mass is 9.91. The highest BCUT2D eigenvalue weighted by atomic mass is 16.5. The van der Waals surface area contributed by atoms with Crippen molar-refractivity contribution in [3.8, 4) is 6.07 Å². The maximum absolute atomic E-state index is 8.68. The monoisotopic (exact) mass is 141 g/mol. The third-order valence-corrected chi connectivity index (χ3v) is 1.68. The molecular weight excluding hydrogens is 126 g/mol. The average Bonchev–Trinajstić information content (AvgIpc) is 2.00. The standard InChI is InChI=1S/C8H15NO/c1-4-8(3,6-9)7-10-5-2/h4-5,7H2,1-3H3. The summed E-state index contributed by atoms with van der Waals surface area (Å²) < 4.78 is 5.16. The summed E-state index contributed by atoms with van der Waals surface area (Å²) in [5.41, 5.74) is -0.282. The minimum absolute atomic E-state index is 0.282. The van der Waals surface area contributed by atoms with Crippen molar-refractivity contribution >= 4 is 0 Å². The summed E-state index contributed by atoms with van der Waals surface area (Å²) in [6.45, 7) is 7.10. The highest BCUT2D eigenvalue weighted by Crippen LogP contribution is 2.19. The maximum Gasteiger partial charge on any atom is 0.0776 e. The van der Waals surface area contributed by atoms with Gasteiger partial charge in [0, 0.05) is 6.61 Å². The highest BCUT2D eigenvalue weighted by molar-refractivity contribution is 4.94. The minimum Gasteiger partial charge on any atom is -0.380 e.